The van der Waals surface area contributed by atoms with E-state index in [-0.39, 0.29) is 11.5 Å². The van der Waals surface area contributed by atoms with Crippen molar-refractivity contribution < 1.29 is 4.79 Å². The summed E-state index contributed by atoms with van der Waals surface area (Å²) in [4.78, 5) is 37.2. The lowest BCUT2D eigenvalue weighted by Gasteiger charge is -2.36. The van der Waals surface area contributed by atoms with Crippen molar-refractivity contribution >= 4 is 44.6 Å². The topological polar surface area (TPSA) is 74.0 Å². The number of halogens is 1. The molecule has 2 fully saturated rings. The molecule has 0 aliphatic carbocycles. The van der Waals surface area contributed by atoms with Gasteiger partial charge in [0.1, 0.15) is 5.56 Å². The molecule has 2 saturated heterocycles. The SMILES string of the molecule is O=C(c1cnc2sc(N3CCCCCC3)nn2c1=O)N1CCN(c2cccc(Cl)c2)CC1. The van der Waals surface area contributed by atoms with Gasteiger partial charge in [0.15, 0.2) is 0 Å². The van der Waals surface area contributed by atoms with Gasteiger partial charge >= 0.3 is 0 Å². The molecule has 5 rings (SSSR count). The molecule has 0 spiro atoms. The lowest BCUT2D eigenvalue weighted by Crippen LogP contribution is -2.49. The van der Waals surface area contributed by atoms with Gasteiger partial charge in [-0.05, 0) is 31.0 Å². The van der Waals surface area contributed by atoms with Crippen molar-refractivity contribution in [2.75, 3.05) is 49.1 Å². The first-order chi connectivity index (χ1) is 15.6. The number of benzene rings is 1. The number of carbonyl (C=O) groups is 1. The number of hydrogen-bond acceptors (Lipinski definition) is 7. The zero-order chi connectivity index (χ0) is 22.1. The molecule has 32 heavy (non-hydrogen) atoms. The number of hydrogen-bond donors (Lipinski definition) is 0. The Balaban J connectivity index is 1.32. The van der Waals surface area contributed by atoms with Crippen LogP contribution in [0, 0.1) is 0 Å². The van der Waals surface area contributed by atoms with Crippen LogP contribution in [-0.2, 0) is 0 Å². The van der Waals surface area contributed by atoms with Gasteiger partial charge in [-0.25, -0.2) is 4.98 Å². The lowest BCUT2D eigenvalue weighted by molar-refractivity contribution is 0.0744. The van der Waals surface area contributed by atoms with E-state index in [1.807, 2.05) is 24.3 Å². The number of nitrogens with zero attached hydrogens (tertiary/aromatic N) is 6. The number of aromatic nitrogens is 3. The predicted molar refractivity (Wildman–Crippen MR) is 127 cm³/mol. The van der Waals surface area contributed by atoms with Crippen LogP contribution in [0.3, 0.4) is 0 Å². The van der Waals surface area contributed by atoms with E-state index in [1.165, 1.54) is 34.9 Å². The molecular weight excluding hydrogens is 448 g/mol. The number of anilines is 2. The van der Waals surface area contributed by atoms with Gasteiger partial charge < -0.3 is 14.7 Å². The zero-order valence-electron chi connectivity index (χ0n) is 17.7. The molecule has 8 nitrogen and oxygen atoms in total. The Kier molecular flexibility index (Phi) is 6.01. The Bertz CT molecular complexity index is 1180. The minimum absolute atomic E-state index is 0.0754. The maximum atomic E-state index is 13.1. The van der Waals surface area contributed by atoms with Gasteiger partial charge in [0.25, 0.3) is 11.5 Å². The first-order valence-corrected chi connectivity index (χ1v) is 12.2. The maximum absolute atomic E-state index is 13.1. The van der Waals surface area contributed by atoms with Crippen LogP contribution in [0.15, 0.2) is 35.3 Å². The van der Waals surface area contributed by atoms with E-state index in [0.29, 0.717) is 36.2 Å². The number of piperazine rings is 1. The van der Waals surface area contributed by atoms with Gasteiger partial charge in [0.05, 0.1) is 0 Å². The van der Waals surface area contributed by atoms with E-state index in [1.54, 1.807) is 4.90 Å². The van der Waals surface area contributed by atoms with Crippen molar-refractivity contribution in [1.82, 2.24) is 19.5 Å². The van der Waals surface area contributed by atoms with Crippen molar-refractivity contribution in [3.63, 3.8) is 0 Å². The largest absolute Gasteiger partial charge is 0.368 e. The van der Waals surface area contributed by atoms with Crippen LogP contribution < -0.4 is 15.4 Å². The summed E-state index contributed by atoms with van der Waals surface area (Å²) in [7, 11) is 0. The second-order valence-electron chi connectivity index (χ2n) is 8.22. The minimum Gasteiger partial charge on any atom is -0.368 e. The summed E-state index contributed by atoms with van der Waals surface area (Å²) in [5.41, 5.74) is 0.720. The third-order valence-electron chi connectivity index (χ3n) is 6.12. The van der Waals surface area contributed by atoms with E-state index >= 15 is 0 Å². The fourth-order valence-electron chi connectivity index (χ4n) is 4.32. The Hall–Kier alpha value is -2.65. The summed E-state index contributed by atoms with van der Waals surface area (Å²) < 4.78 is 1.29. The van der Waals surface area contributed by atoms with Crippen LogP contribution in [0.1, 0.15) is 36.0 Å². The average molecular weight is 473 g/mol. The summed E-state index contributed by atoms with van der Waals surface area (Å²) in [6.45, 7) is 4.31. The van der Waals surface area contributed by atoms with Crippen LogP contribution in [-0.4, -0.2) is 64.7 Å². The molecular formula is C22H25ClN6O2S. The third-order valence-corrected chi connectivity index (χ3v) is 7.34. The van der Waals surface area contributed by atoms with Gasteiger partial charge in [-0.15, -0.1) is 5.10 Å². The molecule has 3 aromatic rings. The van der Waals surface area contributed by atoms with Crippen LogP contribution >= 0.6 is 22.9 Å². The Labute approximate surface area is 195 Å². The maximum Gasteiger partial charge on any atom is 0.288 e. The van der Waals surface area contributed by atoms with Crippen molar-refractivity contribution in [2.24, 2.45) is 0 Å². The molecule has 1 aromatic carbocycles. The van der Waals surface area contributed by atoms with Gasteiger partial charge in [0, 0.05) is 56.2 Å². The molecule has 2 aliphatic heterocycles. The first-order valence-electron chi connectivity index (χ1n) is 11.0. The van der Waals surface area contributed by atoms with E-state index < -0.39 is 5.56 Å². The number of fused-ring (bicyclic) bond motifs is 1. The molecule has 0 N–H and O–H groups in total. The fraction of sp³-hybridized carbons (Fsp3) is 0.455. The molecule has 168 valence electrons. The average Bonchev–Trinajstić information content (AvgIpc) is 3.06. The molecule has 0 radical (unpaired) electrons. The standard InChI is InChI=1S/C22H25ClN6O2S/c23-16-6-5-7-17(14-16)26-10-12-27(13-11-26)19(30)18-15-24-21-29(20(18)31)25-22(32-21)28-8-3-1-2-4-9-28/h5-7,14-15H,1-4,8-13H2. The van der Waals surface area contributed by atoms with Crippen molar-refractivity contribution in [1.29, 1.82) is 0 Å². The van der Waals surface area contributed by atoms with Crippen molar-refractivity contribution in [3.8, 4) is 0 Å². The second-order valence-corrected chi connectivity index (χ2v) is 9.59. The summed E-state index contributed by atoms with van der Waals surface area (Å²) in [6, 6.07) is 7.70. The van der Waals surface area contributed by atoms with Crippen LogP contribution in [0.25, 0.3) is 4.96 Å². The van der Waals surface area contributed by atoms with Crippen LogP contribution in [0.4, 0.5) is 10.8 Å². The molecule has 4 heterocycles. The lowest BCUT2D eigenvalue weighted by atomic mass is 10.2. The second kappa shape index (κ2) is 9.07. The van der Waals surface area contributed by atoms with E-state index in [0.717, 1.165) is 36.8 Å². The van der Waals surface area contributed by atoms with E-state index in [4.69, 9.17) is 11.6 Å². The van der Waals surface area contributed by atoms with E-state index in [9.17, 15) is 9.59 Å². The quantitative estimate of drug-likeness (QED) is 0.583. The van der Waals surface area contributed by atoms with Crippen molar-refractivity contribution in [2.45, 2.75) is 25.7 Å². The monoisotopic (exact) mass is 472 g/mol. The Morgan fingerprint density at radius 3 is 2.44 bits per heavy atom. The summed E-state index contributed by atoms with van der Waals surface area (Å²) in [5.74, 6) is -0.285. The minimum atomic E-state index is -0.394. The smallest absolute Gasteiger partial charge is 0.288 e. The van der Waals surface area contributed by atoms with E-state index in [2.05, 4.69) is 19.9 Å². The third kappa shape index (κ3) is 4.19. The van der Waals surface area contributed by atoms with Crippen LogP contribution in [0.5, 0.6) is 0 Å². The summed E-state index contributed by atoms with van der Waals surface area (Å²) in [6.07, 6.45) is 6.12. The molecule has 2 aliphatic rings. The van der Waals surface area contributed by atoms with Crippen molar-refractivity contribution in [3.05, 3.63) is 51.4 Å². The molecule has 2 aromatic heterocycles. The number of rotatable bonds is 3. The highest BCUT2D eigenvalue weighted by molar-refractivity contribution is 7.20. The predicted octanol–water partition coefficient (Wildman–Crippen LogP) is 3.15. The summed E-state index contributed by atoms with van der Waals surface area (Å²) >= 11 is 7.51. The highest BCUT2D eigenvalue weighted by Crippen LogP contribution is 2.25. The normalized spacial score (nSPS) is 17.6. The fourth-order valence-corrected chi connectivity index (χ4v) is 5.42. The Morgan fingerprint density at radius 2 is 1.72 bits per heavy atom. The molecule has 0 unspecified atom stereocenters. The summed E-state index contributed by atoms with van der Waals surface area (Å²) in [5, 5.41) is 6.01. The number of amides is 1. The molecule has 0 atom stereocenters. The molecule has 0 saturated carbocycles. The molecule has 10 heteroatoms. The van der Waals surface area contributed by atoms with Gasteiger partial charge in [-0.1, -0.05) is 41.8 Å². The zero-order valence-corrected chi connectivity index (χ0v) is 19.3. The van der Waals surface area contributed by atoms with Gasteiger partial charge in [-0.2, -0.15) is 4.52 Å². The first kappa shape index (κ1) is 21.2. The molecule has 0 bridgehead atoms. The highest BCUT2D eigenvalue weighted by Gasteiger charge is 2.26. The highest BCUT2D eigenvalue weighted by atomic mass is 35.5. The van der Waals surface area contributed by atoms with Gasteiger partial charge in [0.2, 0.25) is 10.1 Å². The van der Waals surface area contributed by atoms with Gasteiger partial charge in [-0.3, -0.25) is 9.59 Å². The number of carbonyl (C=O) groups excluding carboxylic acids is 1. The molecule has 1 amide bonds. The van der Waals surface area contributed by atoms with Crippen LogP contribution in [0.2, 0.25) is 5.02 Å². The Morgan fingerprint density at radius 1 is 0.969 bits per heavy atom.